The fourth-order valence-corrected chi connectivity index (χ4v) is 2.93. The number of likely N-dealkylation sites (tertiary alicyclic amines) is 1. The Bertz CT molecular complexity index is 645. The molecule has 122 valence electrons. The van der Waals surface area contributed by atoms with Crippen LogP contribution in [0.5, 0.6) is 5.75 Å². The Kier molecular flexibility index (Phi) is 4.90. The lowest BCUT2D eigenvalue weighted by molar-refractivity contribution is -0.132. The van der Waals surface area contributed by atoms with Crippen LogP contribution in [0.25, 0.3) is 0 Å². The molecular formula is C17H20FN3O2. The number of amides is 1. The number of hydrogen-bond acceptors (Lipinski definition) is 3. The maximum absolute atomic E-state index is 13.5. The van der Waals surface area contributed by atoms with Crippen LogP contribution < -0.4 is 4.74 Å². The van der Waals surface area contributed by atoms with Crippen LogP contribution in [0, 0.1) is 5.82 Å². The molecule has 1 aliphatic heterocycles. The number of ether oxygens (including phenoxy) is 1. The smallest absolute Gasteiger partial charge is 0.226 e. The number of carbonyl (C=O) groups is 1. The first kappa shape index (κ1) is 15.5. The fraction of sp³-hybridized carbons (Fsp3) is 0.412. The van der Waals surface area contributed by atoms with E-state index >= 15 is 0 Å². The van der Waals surface area contributed by atoms with E-state index in [0.717, 1.165) is 19.4 Å². The van der Waals surface area contributed by atoms with Gasteiger partial charge in [-0.2, -0.15) is 5.10 Å². The van der Waals surface area contributed by atoms with Gasteiger partial charge in [-0.05, 0) is 31.0 Å². The molecule has 1 aliphatic rings. The van der Waals surface area contributed by atoms with E-state index < -0.39 is 5.82 Å². The molecule has 0 saturated carbocycles. The molecule has 1 fully saturated rings. The van der Waals surface area contributed by atoms with E-state index in [1.165, 1.54) is 6.07 Å². The van der Waals surface area contributed by atoms with Gasteiger partial charge in [0.15, 0.2) is 11.6 Å². The average molecular weight is 317 g/mol. The Hall–Kier alpha value is -2.37. The zero-order valence-electron chi connectivity index (χ0n) is 12.9. The minimum Gasteiger partial charge on any atom is -0.490 e. The molecule has 23 heavy (non-hydrogen) atoms. The summed E-state index contributed by atoms with van der Waals surface area (Å²) in [5.74, 6) is -0.163. The van der Waals surface area contributed by atoms with Gasteiger partial charge in [-0.15, -0.1) is 0 Å². The molecule has 5 nitrogen and oxygen atoms in total. The SMILES string of the molecule is O=C(CCOc1ccccc1F)N1CCCC1Cn1cccn1. The third-order valence-corrected chi connectivity index (χ3v) is 4.06. The molecule has 0 N–H and O–H groups in total. The molecule has 1 saturated heterocycles. The Morgan fingerprint density at radius 3 is 3.00 bits per heavy atom. The first-order valence-corrected chi connectivity index (χ1v) is 7.88. The third kappa shape index (κ3) is 3.88. The van der Waals surface area contributed by atoms with Crippen molar-refractivity contribution < 1.29 is 13.9 Å². The maximum Gasteiger partial charge on any atom is 0.226 e. The van der Waals surface area contributed by atoms with Crippen molar-refractivity contribution in [2.75, 3.05) is 13.2 Å². The topological polar surface area (TPSA) is 47.4 Å². The summed E-state index contributed by atoms with van der Waals surface area (Å²) in [7, 11) is 0. The fourth-order valence-electron chi connectivity index (χ4n) is 2.93. The molecule has 0 radical (unpaired) electrons. The van der Waals surface area contributed by atoms with E-state index in [1.807, 2.05) is 21.8 Å². The number of carbonyl (C=O) groups excluding carboxylic acids is 1. The molecule has 1 amide bonds. The van der Waals surface area contributed by atoms with Crippen LogP contribution in [0.3, 0.4) is 0 Å². The van der Waals surface area contributed by atoms with Crippen molar-refractivity contribution in [2.45, 2.75) is 31.8 Å². The summed E-state index contributed by atoms with van der Waals surface area (Å²) in [5, 5.41) is 4.20. The summed E-state index contributed by atoms with van der Waals surface area (Å²) in [6.07, 6.45) is 5.89. The molecule has 2 aromatic rings. The Balaban J connectivity index is 1.50. The highest BCUT2D eigenvalue weighted by Gasteiger charge is 2.28. The summed E-state index contributed by atoms with van der Waals surface area (Å²) >= 11 is 0. The number of halogens is 1. The molecule has 1 aromatic heterocycles. The summed E-state index contributed by atoms with van der Waals surface area (Å²) in [5.41, 5.74) is 0. The minimum atomic E-state index is -0.405. The Labute approximate surface area is 134 Å². The van der Waals surface area contributed by atoms with Gasteiger partial charge in [-0.1, -0.05) is 12.1 Å². The van der Waals surface area contributed by atoms with Crippen LogP contribution in [-0.2, 0) is 11.3 Å². The van der Waals surface area contributed by atoms with Crippen LogP contribution in [0.15, 0.2) is 42.7 Å². The van der Waals surface area contributed by atoms with Gasteiger partial charge in [0.05, 0.1) is 25.6 Å². The summed E-state index contributed by atoms with van der Waals surface area (Å²) < 4.78 is 20.7. The number of benzene rings is 1. The van der Waals surface area contributed by atoms with Gasteiger partial charge in [0.2, 0.25) is 5.91 Å². The van der Waals surface area contributed by atoms with Gasteiger partial charge in [-0.25, -0.2) is 4.39 Å². The van der Waals surface area contributed by atoms with Gasteiger partial charge >= 0.3 is 0 Å². The third-order valence-electron chi connectivity index (χ3n) is 4.06. The van der Waals surface area contributed by atoms with Gasteiger partial charge in [0.1, 0.15) is 0 Å². The average Bonchev–Trinajstić information content (AvgIpc) is 3.21. The molecule has 0 bridgehead atoms. The van der Waals surface area contributed by atoms with E-state index in [-0.39, 0.29) is 30.7 Å². The number of rotatable bonds is 6. The zero-order chi connectivity index (χ0) is 16.1. The highest BCUT2D eigenvalue weighted by atomic mass is 19.1. The molecule has 1 aromatic carbocycles. The minimum absolute atomic E-state index is 0.0518. The lowest BCUT2D eigenvalue weighted by atomic mass is 10.2. The monoisotopic (exact) mass is 317 g/mol. The number of aromatic nitrogens is 2. The van der Waals surface area contributed by atoms with E-state index in [4.69, 9.17) is 4.74 Å². The highest BCUT2D eigenvalue weighted by Crippen LogP contribution is 2.20. The Morgan fingerprint density at radius 1 is 1.35 bits per heavy atom. The normalized spacial score (nSPS) is 17.4. The molecule has 6 heteroatoms. The van der Waals surface area contributed by atoms with Crippen molar-refractivity contribution in [3.05, 3.63) is 48.5 Å². The van der Waals surface area contributed by atoms with E-state index in [2.05, 4.69) is 5.10 Å². The first-order valence-electron chi connectivity index (χ1n) is 7.88. The van der Waals surface area contributed by atoms with Gasteiger partial charge in [-0.3, -0.25) is 9.48 Å². The number of hydrogen-bond donors (Lipinski definition) is 0. The van der Waals surface area contributed by atoms with Crippen molar-refractivity contribution in [1.82, 2.24) is 14.7 Å². The molecule has 1 atom stereocenters. The molecule has 3 rings (SSSR count). The van der Waals surface area contributed by atoms with Crippen molar-refractivity contribution in [3.8, 4) is 5.75 Å². The zero-order valence-corrected chi connectivity index (χ0v) is 12.9. The molecular weight excluding hydrogens is 297 g/mol. The predicted molar refractivity (Wildman–Crippen MR) is 83.5 cm³/mol. The lowest BCUT2D eigenvalue weighted by Gasteiger charge is -2.24. The van der Waals surface area contributed by atoms with E-state index in [1.54, 1.807) is 24.4 Å². The highest BCUT2D eigenvalue weighted by molar-refractivity contribution is 5.77. The van der Waals surface area contributed by atoms with Crippen molar-refractivity contribution in [1.29, 1.82) is 0 Å². The summed E-state index contributed by atoms with van der Waals surface area (Å²) in [6, 6.07) is 8.28. The van der Waals surface area contributed by atoms with E-state index in [9.17, 15) is 9.18 Å². The standard InChI is InChI=1S/C17H20FN3O2/c18-15-6-1-2-7-16(15)23-12-8-17(22)21-11-3-5-14(21)13-20-10-4-9-19-20/h1-2,4,6-7,9-10,14H,3,5,8,11-13H2. The quantitative estimate of drug-likeness (QED) is 0.822. The summed E-state index contributed by atoms with van der Waals surface area (Å²) in [4.78, 5) is 14.3. The van der Waals surface area contributed by atoms with Crippen LogP contribution in [0.2, 0.25) is 0 Å². The second-order valence-corrected chi connectivity index (χ2v) is 5.64. The van der Waals surface area contributed by atoms with Gasteiger partial charge in [0.25, 0.3) is 0 Å². The van der Waals surface area contributed by atoms with Gasteiger partial charge < -0.3 is 9.64 Å². The Morgan fingerprint density at radius 2 is 2.22 bits per heavy atom. The second-order valence-electron chi connectivity index (χ2n) is 5.64. The molecule has 0 aliphatic carbocycles. The van der Waals surface area contributed by atoms with Gasteiger partial charge in [0, 0.05) is 18.9 Å². The van der Waals surface area contributed by atoms with Crippen LogP contribution in [-0.4, -0.2) is 39.8 Å². The summed E-state index contributed by atoms with van der Waals surface area (Å²) in [6.45, 7) is 1.67. The number of nitrogens with zero attached hydrogens (tertiary/aromatic N) is 3. The second kappa shape index (κ2) is 7.26. The van der Waals surface area contributed by atoms with Crippen LogP contribution in [0.1, 0.15) is 19.3 Å². The number of para-hydroxylation sites is 1. The lowest BCUT2D eigenvalue weighted by Crippen LogP contribution is -2.38. The van der Waals surface area contributed by atoms with Crippen LogP contribution >= 0.6 is 0 Å². The molecule has 2 heterocycles. The van der Waals surface area contributed by atoms with Crippen molar-refractivity contribution in [2.24, 2.45) is 0 Å². The van der Waals surface area contributed by atoms with Crippen molar-refractivity contribution >= 4 is 5.91 Å². The first-order chi connectivity index (χ1) is 11.2. The van der Waals surface area contributed by atoms with E-state index in [0.29, 0.717) is 6.54 Å². The predicted octanol–water partition coefficient (Wildman–Crippen LogP) is 2.48. The van der Waals surface area contributed by atoms with Crippen molar-refractivity contribution in [3.63, 3.8) is 0 Å². The largest absolute Gasteiger partial charge is 0.490 e. The van der Waals surface area contributed by atoms with Crippen LogP contribution in [0.4, 0.5) is 4.39 Å². The molecule has 1 unspecified atom stereocenters. The molecule has 0 spiro atoms. The maximum atomic E-state index is 13.5.